The highest BCUT2D eigenvalue weighted by Gasteiger charge is 2.41. The van der Waals surface area contributed by atoms with Gasteiger partial charge >= 0.3 is 0 Å². The van der Waals surface area contributed by atoms with E-state index in [-0.39, 0.29) is 0 Å². The molecule has 2 aromatic heterocycles. The van der Waals surface area contributed by atoms with Crippen LogP contribution in [0, 0.1) is 0 Å². The molecule has 6 heteroatoms. The fourth-order valence-corrected chi connectivity index (χ4v) is 13.1. The molecular formula is C50H38N4OSi. The normalized spacial score (nSPS) is 12.8. The monoisotopic (exact) mass is 738 g/mol. The average Bonchev–Trinajstić information content (AvgIpc) is 3.90. The van der Waals surface area contributed by atoms with Crippen LogP contribution >= 0.6 is 0 Å². The summed E-state index contributed by atoms with van der Waals surface area (Å²) in [5.41, 5.74) is 4.37. The Labute approximate surface area is 327 Å². The first-order chi connectivity index (χ1) is 27.8. The van der Waals surface area contributed by atoms with Crippen molar-refractivity contribution in [2.75, 3.05) is 16.5 Å². The topological polar surface area (TPSA) is 33.5 Å². The number of para-hydroxylation sites is 2. The second-order valence-corrected chi connectivity index (χ2v) is 17.9. The third-order valence-corrected chi connectivity index (χ3v) is 15.7. The fraction of sp³-hybridized carbons (Fsp3) is 0.0200. The van der Waals surface area contributed by atoms with Crippen LogP contribution in [0.15, 0.2) is 219 Å². The van der Waals surface area contributed by atoms with E-state index in [2.05, 4.69) is 215 Å². The summed E-state index contributed by atoms with van der Waals surface area (Å²) >= 11 is 0. The van der Waals surface area contributed by atoms with Crippen molar-refractivity contribution >= 4 is 62.0 Å². The average molecular weight is 739 g/mol. The van der Waals surface area contributed by atoms with Gasteiger partial charge in [0.05, 0.1) is 17.7 Å². The van der Waals surface area contributed by atoms with E-state index in [0.29, 0.717) is 0 Å². The SMILES string of the molecule is C1=CN(c2cccc(Oc3ccc4c5ccccc5n(-c5cc([Si](c6ccccc6)(c6ccccc6)c6ccccc6)ccn5)c4c3)c2)CN1c1ccccc1. The van der Waals surface area contributed by atoms with E-state index in [1.807, 2.05) is 18.3 Å². The summed E-state index contributed by atoms with van der Waals surface area (Å²) in [4.78, 5) is 9.56. The largest absolute Gasteiger partial charge is 0.457 e. The van der Waals surface area contributed by atoms with Gasteiger partial charge in [-0.05, 0) is 75.3 Å². The molecule has 0 saturated carbocycles. The Balaban J connectivity index is 1.07. The van der Waals surface area contributed by atoms with Gasteiger partial charge in [-0.2, -0.15) is 0 Å². The quantitative estimate of drug-likeness (QED) is 0.109. The van der Waals surface area contributed by atoms with Gasteiger partial charge in [0.2, 0.25) is 0 Å². The molecule has 0 atom stereocenters. The standard InChI is InChI=1S/C50H38N4OSi/c1-5-16-38(17-6-1)52-32-33-53(37-52)39-18-15-19-40(34-39)55-41-28-29-47-46-26-13-14-27-48(46)54(49(47)35-41)50-36-45(30-31-51-50)56(42-20-7-2-8-21-42,43-22-9-3-10-23-43)44-24-11-4-12-25-44/h1-36H,37H2. The van der Waals surface area contributed by atoms with Crippen LogP contribution in [0.25, 0.3) is 27.6 Å². The maximum Gasteiger partial charge on any atom is 0.179 e. The van der Waals surface area contributed by atoms with E-state index in [1.54, 1.807) is 0 Å². The third-order valence-electron chi connectivity index (χ3n) is 10.9. The molecule has 0 N–H and O–H groups in total. The first-order valence-corrected chi connectivity index (χ1v) is 21.0. The summed E-state index contributed by atoms with van der Waals surface area (Å²) in [5.74, 6) is 2.41. The lowest BCUT2D eigenvalue weighted by Gasteiger charge is -2.34. The maximum atomic E-state index is 6.65. The minimum absolute atomic E-state index is 0.731. The highest BCUT2D eigenvalue weighted by Crippen LogP contribution is 2.36. The van der Waals surface area contributed by atoms with Gasteiger partial charge in [-0.15, -0.1) is 0 Å². The van der Waals surface area contributed by atoms with Gasteiger partial charge in [0, 0.05) is 52.9 Å². The number of hydrogen-bond acceptors (Lipinski definition) is 4. The second-order valence-electron chi connectivity index (χ2n) is 14.1. The molecule has 1 aliphatic rings. The molecule has 0 fully saturated rings. The Morgan fingerprint density at radius 2 is 0.982 bits per heavy atom. The van der Waals surface area contributed by atoms with Crippen LogP contribution in [0.4, 0.5) is 11.4 Å². The lowest BCUT2D eigenvalue weighted by molar-refractivity contribution is 0.483. The van der Waals surface area contributed by atoms with Gasteiger partial charge in [0.25, 0.3) is 0 Å². The number of anilines is 2. The van der Waals surface area contributed by atoms with Crippen molar-refractivity contribution in [2.45, 2.75) is 0 Å². The van der Waals surface area contributed by atoms with Crippen molar-refractivity contribution in [1.82, 2.24) is 9.55 Å². The van der Waals surface area contributed by atoms with Crippen LogP contribution in [0.2, 0.25) is 0 Å². The minimum atomic E-state index is -2.77. The van der Waals surface area contributed by atoms with Crippen LogP contribution in [-0.4, -0.2) is 24.3 Å². The molecule has 3 heterocycles. The van der Waals surface area contributed by atoms with Crippen LogP contribution in [0.1, 0.15) is 0 Å². The molecule has 0 saturated heterocycles. The van der Waals surface area contributed by atoms with E-state index in [1.165, 1.54) is 26.1 Å². The van der Waals surface area contributed by atoms with Gasteiger partial charge in [-0.3, -0.25) is 4.57 Å². The van der Waals surface area contributed by atoms with Crippen molar-refractivity contribution in [2.24, 2.45) is 0 Å². The molecule has 0 bridgehead atoms. The number of aromatic nitrogens is 2. The van der Waals surface area contributed by atoms with E-state index in [0.717, 1.165) is 51.8 Å². The molecule has 0 unspecified atom stereocenters. The molecule has 56 heavy (non-hydrogen) atoms. The summed E-state index contributed by atoms with van der Waals surface area (Å²) < 4.78 is 8.94. The Hall–Kier alpha value is -7.15. The zero-order valence-electron chi connectivity index (χ0n) is 30.7. The second kappa shape index (κ2) is 14.2. The molecule has 7 aromatic carbocycles. The summed E-state index contributed by atoms with van der Waals surface area (Å²) in [7, 11) is -2.77. The molecule has 268 valence electrons. The lowest BCUT2D eigenvalue weighted by atomic mass is 10.1. The van der Waals surface area contributed by atoms with Crippen LogP contribution < -0.4 is 35.3 Å². The number of benzene rings is 7. The number of ether oxygens (including phenoxy) is 1. The van der Waals surface area contributed by atoms with Crippen molar-refractivity contribution in [3.63, 3.8) is 0 Å². The molecule has 9 aromatic rings. The molecule has 0 radical (unpaired) electrons. The number of fused-ring (bicyclic) bond motifs is 3. The Kier molecular flexibility index (Phi) is 8.50. The van der Waals surface area contributed by atoms with E-state index >= 15 is 0 Å². The first kappa shape index (κ1) is 33.4. The Morgan fingerprint density at radius 1 is 0.429 bits per heavy atom. The molecule has 10 rings (SSSR count). The van der Waals surface area contributed by atoms with Crippen LogP contribution in [0.3, 0.4) is 0 Å². The Bertz CT molecular complexity index is 2730. The van der Waals surface area contributed by atoms with Gasteiger partial charge in [0.1, 0.15) is 17.3 Å². The first-order valence-electron chi connectivity index (χ1n) is 19.0. The van der Waals surface area contributed by atoms with Gasteiger partial charge in [-0.25, -0.2) is 4.98 Å². The molecule has 0 amide bonds. The molecule has 5 nitrogen and oxygen atoms in total. The minimum Gasteiger partial charge on any atom is -0.457 e. The lowest BCUT2D eigenvalue weighted by Crippen LogP contribution is -2.74. The van der Waals surface area contributed by atoms with Crippen molar-refractivity contribution < 1.29 is 4.74 Å². The summed E-state index contributed by atoms with van der Waals surface area (Å²) in [6, 6.07) is 71.3. The fourth-order valence-electron chi connectivity index (χ4n) is 8.34. The zero-order chi connectivity index (χ0) is 37.3. The molecule has 0 spiro atoms. The molecule has 1 aliphatic heterocycles. The van der Waals surface area contributed by atoms with E-state index in [9.17, 15) is 0 Å². The highest BCUT2D eigenvalue weighted by atomic mass is 28.3. The predicted octanol–water partition coefficient (Wildman–Crippen LogP) is 9.10. The molecule has 0 aliphatic carbocycles. The number of hydrogen-bond donors (Lipinski definition) is 0. The number of rotatable bonds is 9. The van der Waals surface area contributed by atoms with Crippen molar-refractivity contribution in [3.8, 4) is 17.3 Å². The summed E-state index contributed by atoms with van der Waals surface area (Å²) in [6.45, 7) is 0.731. The number of pyridine rings is 1. The van der Waals surface area contributed by atoms with Gasteiger partial charge in [-0.1, -0.05) is 133 Å². The molecular weight excluding hydrogens is 701 g/mol. The summed E-state index contributed by atoms with van der Waals surface area (Å²) in [5, 5.41) is 7.56. The van der Waals surface area contributed by atoms with Crippen LogP contribution in [0.5, 0.6) is 11.5 Å². The van der Waals surface area contributed by atoms with Crippen molar-refractivity contribution in [1.29, 1.82) is 0 Å². The smallest absolute Gasteiger partial charge is 0.179 e. The third kappa shape index (κ3) is 5.84. The highest BCUT2D eigenvalue weighted by molar-refractivity contribution is 7.19. The van der Waals surface area contributed by atoms with E-state index < -0.39 is 8.07 Å². The predicted molar refractivity (Wildman–Crippen MR) is 234 cm³/mol. The van der Waals surface area contributed by atoms with Crippen LogP contribution in [-0.2, 0) is 0 Å². The maximum absolute atomic E-state index is 6.65. The van der Waals surface area contributed by atoms with Crippen molar-refractivity contribution in [3.05, 3.63) is 219 Å². The van der Waals surface area contributed by atoms with E-state index in [4.69, 9.17) is 9.72 Å². The Morgan fingerprint density at radius 3 is 1.66 bits per heavy atom. The number of nitrogens with zero attached hydrogens (tertiary/aromatic N) is 4. The summed E-state index contributed by atoms with van der Waals surface area (Å²) in [6.07, 6.45) is 6.22. The van der Waals surface area contributed by atoms with Gasteiger partial charge in [0.15, 0.2) is 8.07 Å². The zero-order valence-corrected chi connectivity index (χ0v) is 31.7. The van der Waals surface area contributed by atoms with Gasteiger partial charge < -0.3 is 14.5 Å².